The third-order valence-corrected chi connectivity index (χ3v) is 2.26. The van der Waals surface area contributed by atoms with E-state index in [9.17, 15) is 22.8 Å². The SMILES string of the molecule is CC(=O)CNC(=O)NCc1ccccc1C(F)(F)F. The normalized spacial score (nSPS) is 10.9. The smallest absolute Gasteiger partial charge is 0.334 e. The van der Waals surface area contributed by atoms with E-state index < -0.39 is 17.8 Å². The van der Waals surface area contributed by atoms with Crippen LogP contribution in [0.5, 0.6) is 0 Å². The molecule has 0 saturated heterocycles. The zero-order chi connectivity index (χ0) is 14.5. The highest BCUT2D eigenvalue weighted by Gasteiger charge is 2.32. The molecule has 0 spiro atoms. The molecule has 0 fully saturated rings. The number of benzene rings is 1. The first-order valence-corrected chi connectivity index (χ1v) is 5.47. The molecule has 7 heteroatoms. The third kappa shape index (κ3) is 4.99. The second kappa shape index (κ2) is 6.21. The minimum Gasteiger partial charge on any atom is -0.334 e. The number of hydrogen-bond acceptors (Lipinski definition) is 2. The summed E-state index contributed by atoms with van der Waals surface area (Å²) in [5.74, 6) is -0.245. The Bertz CT molecular complexity index is 472. The van der Waals surface area contributed by atoms with Crippen LogP contribution in [0.4, 0.5) is 18.0 Å². The largest absolute Gasteiger partial charge is 0.416 e. The molecule has 2 N–H and O–H groups in total. The molecule has 0 atom stereocenters. The number of hydrogen-bond donors (Lipinski definition) is 2. The molecule has 0 aromatic heterocycles. The molecule has 1 aromatic rings. The highest BCUT2D eigenvalue weighted by Crippen LogP contribution is 2.31. The van der Waals surface area contributed by atoms with Gasteiger partial charge < -0.3 is 10.6 Å². The van der Waals surface area contributed by atoms with Crippen LogP contribution in [0.25, 0.3) is 0 Å². The maximum Gasteiger partial charge on any atom is 0.416 e. The topological polar surface area (TPSA) is 58.2 Å². The molecular weight excluding hydrogens is 261 g/mol. The van der Waals surface area contributed by atoms with Gasteiger partial charge in [0.1, 0.15) is 5.78 Å². The molecule has 0 radical (unpaired) electrons. The summed E-state index contributed by atoms with van der Waals surface area (Å²) in [6.45, 7) is 0.866. The Labute approximate surface area is 108 Å². The molecule has 0 aliphatic heterocycles. The van der Waals surface area contributed by atoms with Gasteiger partial charge in [0.25, 0.3) is 0 Å². The highest BCUT2D eigenvalue weighted by molar-refractivity contribution is 5.83. The Morgan fingerprint density at radius 2 is 1.79 bits per heavy atom. The van der Waals surface area contributed by atoms with Gasteiger partial charge in [-0.3, -0.25) is 4.79 Å². The molecule has 1 aromatic carbocycles. The number of urea groups is 1. The lowest BCUT2D eigenvalue weighted by Gasteiger charge is -2.13. The standard InChI is InChI=1S/C12H13F3N2O2/c1-8(18)6-16-11(19)17-7-9-4-2-3-5-10(9)12(13,14)15/h2-5H,6-7H2,1H3,(H2,16,17,19). The van der Waals surface area contributed by atoms with Gasteiger partial charge in [-0.15, -0.1) is 0 Å². The summed E-state index contributed by atoms with van der Waals surface area (Å²) in [5.41, 5.74) is -0.824. The van der Waals surface area contributed by atoms with E-state index in [2.05, 4.69) is 10.6 Å². The molecule has 0 unspecified atom stereocenters. The third-order valence-electron chi connectivity index (χ3n) is 2.26. The summed E-state index contributed by atoms with van der Waals surface area (Å²) >= 11 is 0. The van der Waals surface area contributed by atoms with Crippen LogP contribution >= 0.6 is 0 Å². The number of carbonyl (C=O) groups is 2. The van der Waals surface area contributed by atoms with Crippen molar-refractivity contribution in [3.05, 3.63) is 35.4 Å². The Morgan fingerprint density at radius 1 is 1.16 bits per heavy atom. The number of amides is 2. The van der Waals surface area contributed by atoms with Gasteiger partial charge in [0.05, 0.1) is 12.1 Å². The lowest BCUT2D eigenvalue weighted by Crippen LogP contribution is -2.37. The van der Waals surface area contributed by atoms with E-state index in [1.807, 2.05) is 0 Å². The van der Waals surface area contributed by atoms with Crippen molar-refractivity contribution in [2.45, 2.75) is 19.6 Å². The zero-order valence-corrected chi connectivity index (χ0v) is 10.2. The van der Waals surface area contributed by atoms with Crippen molar-refractivity contribution in [1.82, 2.24) is 10.6 Å². The lowest BCUT2D eigenvalue weighted by atomic mass is 10.1. The van der Waals surface area contributed by atoms with Crippen molar-refractivity contribution in [2.24, 2.45) is 0 Å². The molecular formula is C12H13F3N2O2. The van der Waals surface area contributed by atoms with Crippen molar-refractivity contribution in [2.75, 3.05) is 6.54 Å². The number of nitrogens with one attached hydrogen (secondary N) is 2. The Kier molecular flexibility index (Phi) is 4.91. The number of carbonyl (C=O) groups excluding carboxylic acids is 2. The van der Waals surface area contributed by atoms with Gasteiger partial charge in [0.2, 0.25) is 0 Å². The van der Waals surface area contributed by atoms with Crippen molar-refractivity contribution < 1.29 is 22.8 Å². The summed E-state index contributed by atoms with van der Waals surface area (Å²) < 4.78 is 38.0. The van der Waals surface area contributed by atoms with Crippen LogP contribution in [-0.2, 0) is 17.5 Å². The van der Waals surface area contributed by atoms with Crippen LogP contribution in [0, 0.1) is 0 Å². The summed E-state index contributed by atoms with van der Waals surface area (Å²) in [5, 5.41) is 4.49. The van der Waals surface area contributed by atoms with E-state index in [4.69, 9.17) is 0 Å². The second-order valence-electron chi connectivity index (χ2n) is 3.89. The van der Waals surface area contributed by atoms with E-state index in [0.29, 0.717) is 0 Å². The molecule has 0 bridgehead atoms. The molecule has 0 saturated carbocycles. The molecule has 4 nitrogen and oxygen atoms in total. The predicted molar refractivity (Wildman–Crippen MR) is 62.4 cm³/mol. The van der Waals surface area contributed by atoms with E-state index >= 15 is 0 Å². The van der Waals surface area contributed by atoms with Crippen LogP contribution in [0.3, 0.4) is 0 Å². The number of halogens is 3. The van der Waals surface area contributed by atoms with E-state index in [0.717, 1.165) is 6.07 Å². The first-order chi connectivity index (χ1) is 8.80. The molecule has 0 aliphatic carbocycles. The first kappa shape index (κ1) is 15.0. The maximum absolute atomic E-state index is 12.7. The van der Waals surface area contributed by atoms with Gasteiger partial charge >= 0.3 is 12.2 Å². The van der Waals surface area contributed by atoms with Crippen molar-refractivity contribution in [3.63, 3.8) is 0 Å². The fourth-order valence-electron chi connectivity index (χ4n) is 1.39. The summed E-state index contributed by atoms with van der Waals surface area (Å²) in [6.07, 6.45) is -4.46. The first-order valence-electron chi connectivity index (χ1n) is 5.47. The quantitative estimate of drug-likeness (QED) is 0.883. The summed E-state index contributed by atoms with van der Waals surface area (Å²) in [6, 6.07) is 4.28. The van der Waals surface area contributed by atoms with Gasteiger partial charge in [-0.25, -0.2) is 4.79 Å². The number of rotatable bonds is 4. The predicted octanol–water partition coefficient (Wildman–Crippen LogP) is 2.09. The molecule has 19 heavy (non-hydrogen) atoms. The zero-order valence-electron chi connectivity index (χ0n) is 10.2. The van der Waals surface area contributed by atoms with E-state index in [1.54, 1.807) is 0 Å². The van der Waals surface area contributed by atoms with Gasteiger partial charge in [-0.05, 0) is 18.6 Å². The lowest BCUT2D eigenvalue weighted by molar-refractivity contribution is -0.138. The minimum absolute atomic E-state index is 0.0343. The van der Waals surface area contributed by atoms with Gasteiger partial charge in [-0.2, -0.15) is 13.2 Å². The molecule has 104 valence electrons. The van der Waals surface area contributed by atoms with Crippen molar-refractivity contribution in [3.8, 4) is 0 Å². The van der Waals surface area contributed by atoms with Crippen LogP contribution in [0.15, 0.2) is 24.3 Å². The highest BCUT2D eigenvalue weighted by atomic mass is 19.4. The summed E-state index contributed by atoms with van der Waals surface area (Å²) in [7, 11) is 0. The fourth-order valence-corrected chi connectivity index (χ4v) is 1.39. The minimum atomic E-state index is -4.46. The Hall–Kier alpha value is -2.05. The molecule has 1 rings (SSSR count). The number of Topliss-reactive ketones (excluding diaryl/α,β-unsaturated/α-hetero) is 1. The fraction of sp³-hybridized carbons (Fsp3) is 0.333. The Morgan fingerprint density at radius 3 is 2.37 bits per heavy atom. The molecule has 0 heterocycles. The monoisotopic (exact) mass is 274 g/mol. The van der Waals surface area contributed by atoms with Crippen LogP contribution in [0.2, 0.25) is 0 Å². The van der Waals surface area contributed by atoms with Gasteiger partial charge in [0.15, 0.2) is 0 Å². The maximum atomic E-state index is 12.7. The van der Waals surface area contributed by atoms with E-state index in [-0.39, 0.29) is 24.4 Å². The second-order valence-corrected chi connectivity index (χ2v) is 3.89. The van der Waals surface area contributed by atoms with Crippen molar-refractivity contribution >= 4 is 11.8 Å². The van der Waals surface area contributed by atoms with Crippen LogP contribution in [0.1, 0.15) is 18.1 Å². The van der Waals surface area contributed by atoms with Gasteiger partial charge in [0, 0.05) is 6.54 Å². The Balaban J connectivity index is 2.63. The van der Waals surface area contributed by atoms with Gasteiger partial charge in [-0.1, -0.05) is 18.2 Å². The van der Waals surface area contributed by atoms with Crippen molar-refractivity contribution in [1.29, 1.82) is 0 Å². The van der Waals surface area contributed by atoms with E-state index in [1.165, 1.54) is 25.1 Å². The molecule has 2 amide bonds. The van der Waals surface area contributed by atoms with Crippen LogP contribution in [-0.4, -0.2) is 18.4 Å². The van der Waals surface area contributed by atoms with Crippen LogP contribution < -0.4 is 10.6 Å². The summed E-state index contributed by atoms with van der Waals surface area (Å²) in [4.78, 5) is 21.8. The number of alkyl halides is 3. The average Bonchev–Trinajstić information content (AvgIpc) is 2.33. The molecule has 0 aliphatic rings. The average molecular weight is 274 g/mol. The number of ketones is 1.